The average Bonchev–Trinajstić information content (AvgIpc) is 3.26. The Kier molecular flexibility index (Phi) is 4.94. The maximum absolute atomic E-state index is 5.45. The van der Waals surface area contributed by atoms with Crippen LogP contribution in [-0.2, 0) is 0 Å². The van der Waals surface area contributed by atoms with E-state index in [4.69, 9.17) is 18.9 Å². The van der Waals surface area contributed by atoms with E-state index in [1.165, 1.54) is 0 Å². The van der Waals surface area contributed by atoms with Gasteiger partial charge >= 0.3 is 0 Å². The van der Waals surface area contributed by atoms with Crippen molar-refractivity contribution < 1.29 is 18.9 Å². The minimum atomic E-state index is -0.232. The molecular formula is C20H21N5O4. The Balaban J connectivity index is 1.79. The van der Waals surface area contributed by atoms with Gasteiger partial charge in [0, 0.05) is 11.3 Å². The molecule has 0 saturated heterocycles. The lowest BCUT2D eigenvalue weighted by atomic mass is 10.0. The number of hydrogen-bond acceptors (Lipinski definition) is 8. The standard InChI is InChI=1S/C20H21N5O4/c1-26-16-7-5-12(9-18(16)28-3)14-11-15(25-20(21-14)22-23-24-25)13-6-8-17(27-2)19(10-13)29-4/h5-11,15H,1-4H3,(H,21,22,24)/t15-/m1/s1. The number of rotatable bonds is 6. The van der Waals surface area contributed by atoms with E-state index in [2.05, 4.69) is 20.8 Å². The van der Waals surface area contributed by atoms with E-state index in [0.29, 0.717) is 28.9 Å². The van der Waals surface area contributed by atoms with Crippen molar-refractivity contribution in [1.82, 2.24) is 20.2 Å². The lowest BCUT2D eigenvalue weighted by Gasteiger charge is -2.24. The molecule has 9 nitrogen and oxygen atoms in total. The van der Waals surface area contributed by atoms with E-state index in [-0.39, 0.29) is 6.04 Å². The second-order valence-electron chi connectivity index (χ2n) is 6.28. The number of ether oxygens (including phenoxy) is 4. The molecule has 150 valence electrons. The van der Waals surface area contributed by atoms with Gasteiger partial charge in [0.2, 0.25) is 5.95 Å². The zero-order chi connectivity index (χ0) is 20.4. The molecule has 0 fully saturated rings. The van der Waals surface area contributed by atoms with E-state index in [9.17, 15) is 0 Å². The monoisotopic (exact) mass is 395 g/mol. The highest BCUT2D eigenvalue weighted by Crippen LogP contribution is 2.37. The largest absolute Gasteiger partial charge is 0.493 e. The third-order valence-corrected chi connectivity index (χ3v) is 4.77. The van der Waals surface area contributed by atoms with Crippen molar-refractivity contribution in [2.45, 2.75) is 6.04 Å². The van der Waals surface area contributed by atoms with Crippen LogP contribution < -0.4 is 24.3 Å². The van der Waals surface area contributed by atoms with Gasteiger partial charge in [0.05, 0.1) is 28.4 Å². The van der Waals surface area contributed by atoms with Crippen LogP contribution in [0.5, 0.6) is 23.0 Å². The van der Waals surface area contributed by atoms with Crippen LogP contribution in [0.2, 0.25) is 0 Å². The van der Waals surface area contributed by atoms with Crippen LogP contribution >= 0.6 is 0 Å². The molecule has 29 heavy (non-hydrogen) atoms. The van der Waals surface area contributed by atoms with Gasteiger partial charge in [-0.05, 0) is 52.4 Å². The summed E-state index contributed by atoms with van der Waals surface area (Å²) in [5, 5.41) is 15.3. The molecule has 1 aromatic heterocycles. The van der Waals surface area contributed by atoms with Gasteiger partial charge in [0.25, 0.3) is 0 Å². The number of methoxy groups -OCH3 is 4. The third kappa shape index (κ3) is 3.31. The SMILES string of the molecule is COc1ccc(C2=C[C@H](c3ccc(OC)c(OC)c3)n3nnnc3N2)cc1OC. The van der Waals surface area contributed by atoms with E-state index in [0.717, 1.165) is 16.8 Å². The maximum Gasteiger partial charge on any atom is 0.248 e. The van der Waals surface area contributed by atoms with Crippen molar-refractivity contribution in [2.75, 3.05) is 33.8 Å². The molecule has 2 heterocycles. The second kappa shape index (κ2) is 7.70. The summed E-state index contributed by atoms with van der Waals surface area (Å²) in [4.78, 5) is 0. The van der Waals surface area contributed by atoms with Crippen molar-refractivity contribution in [3.63, 3.8) is 0 Å². The molecule has 1 aliphatic heterocycles. The molecule has 2 aromatic carbocycles. The molecule has 0 radical (unpaired) electrons. The molecule has 0 spiro atoms. The summed E-state index contributed by atoms with van der Waals surface area (Å²) < 4.78 is 23.3. The maximum atomic E-state index is 5.45. The molecular weight excluding hydrogens is 374 g/mol. The summed E-state index contributed by atoms with van der Waals surface area (Å²) in [7, 11) is 6.43. The van der Waals surface area contributed by atoms with Crippen LogP contribution in [-0.4, -0.2) is 48.6 Å². The first kappa shape index (κ1) is 18.6. The van der Waals surface area contributed by atoms with Gasteiger partial charge in [-0.25, -0.2) is 0 Å². The van der Waals surface area contributed by atoms with E-state index < -0.39 is 0 Å². The molecule has 0 aliphatic carbocycles. The highest BCUT2D eigenvalue weighted by molar-refractivity contribution is 5.78. The Bertz CT molecular complexity index is 1060. The normalized spacial score (nSPS) is 15.0. The summed E-state index contributed by atoms with van der Waals surface area (Å²) in [6.45, 7) is 0. The van der Waals surface area contributed by atoms with E-state index in [1.807, 2.05) is 42.5 Å². The molecule has 1 N–H and O–H groups in total. The van der Waals surface area contributed by atoms with Crippen molar-refractivity contribution in [3.8, 4) is 23.0 Å². The number of anilines is 1. The highest BCUT2D eigenvalue weighted by atomic mass is 16.5. The van der Waals surface area contributed by atoms with Gasteiger partial charge in [-0.1, -0.05) is 11.2 Å². The van der Waals surface area contributed by atoms with Gasteiger partial charge in [-0.3, -0.25) is 0 Å². The molecule has 0 bridgehead atoms. The third-order valence-electron chi connectivity index (χ3n) is 4.77. The predicted molar refractivity (Wildman–Crippen MR) is 107 cm³/mol. The summed E-state index contributed by atoms with van der Waals surface area (Å²) in [5.74, 6) is 3.14. The molecule has 1 aliphatic rings. The predicted octanol–water partition coefficient (Wildman–Crippen LogP) is 2.76. The van der Waals surface area contributed by atoms with E-state index >= 15 is 0 Å². The zero-order valence-electron chi connectivity index (χ0n) is 16.5. The summed E-state index contributed by atoms with van der Waals surface area (Å²) >= 11 is 0. The second-order valence-corrected chi connectivity index (χ2v) is 6.28. The number of benzene rings is 2. The molecule has 9 heteroatoms. The Morgan fingerprint density at radius 2 is 1.48 bits per heavy atom. The van der Waals surface area contributed by atoms with E-state index in [1.54, 1.807) is 33.1 Å². The van der Waals surface area contributed by atoms with Gasteiger partial charge in [0.15, 0.2) is 23.0 Å². The van der Waals surface area contributed by atoms with Crippen LogP contribution in [0.1, 0.15) is 17.2 Å². The topological polar surface area (TPSA) is 92.6 Å². The first-order chi connectivity index (χ1) is 14.2. The summed E-state index contributed by atoms with van der Waals surface area (Å²) in [5.41, 5.74) is 2.73. The lowest BCUT2D eigenvalue weighted by molar-refractivity contribution is 0.354. The Morgan fingerprint density at radius 3 is 2.17 bits per heavy atom. The van der Waals surface area contributed by atoms with Crippen molar-refractivity contribution >= 4 is 11.6 Å². The number of hydrogen-bond donors (Lipinski definition) is 1. The Hall–Kier alpha value is -3.75. The zero-order valence-corrected chi connectivity index (χ0v) is 16.5. The summed E-state index contributed by atoms with van der Waals surface area (Å²) in [6.07, 6.45) is 2.05. The first-order valence-electron chi connectivity index (χ1n) is 8.89. The van der Waals surface area contributed by atoms with Crippen LogP contribution in [0, 0.1) is 0 Å². The van der Waals surface area contributed by atoms with Crippen molar-refractivity contribution in [1.29, 1.82) is 0 Å². The molecule has 4 rings (SSSR count). The quantitative estimate of drug-likeness (QED) is 0.681. The van der Waals surface area contributed by atoms with Crippen LogP contribution in [0.25, 0.3) is 5.70 Å². The van der Waals surface area contributed by atoms with Gasteiger partial charge in [-0.2, -0.15) is 4.68 Å². The minimum absolute atomic E-state index is 0.232. The van der Waals surface area contributed by atoms with Crippen LogP contribution in [0.4, 0.5) is 5.95 Å². The minimum Gasteiger partial charge on any atom is -0.493 e. The molecule has 0 unspecified atom stereocenters. The number of allylic oxidation sites excluding steroid dienone is 1. The Labute approximate surface area is 167 Å². The van der Waals surface area contributed by atoms with Gasteiger partial charge in [0.1, 0.15) is 6.04 Å². The number of aromatic nitrogens is 4. The number of nitrogens with one attached hydrogen (secondary N) is 1. The number of nitrogens with zero attached hydrogens (tertiary/aromatic N) is 4. The molecule has 0 amide bonds. The number of fused-ring (bicyclic) bond motifs is 1. The fourth-order valence-electron chi connectivity index (χ4n) is 3.30. The van der Waals surface area contributed by atoms with Gasteiger partial charge < -0.3 is 24.3 Å². The highest BCUT2D eigenvalue weighted by Gasteiger charge is 2.25. The average molecular weight is 395 g/mol. The number of tetrazole rings is 1. The van der Waals surface area contributed by atoms with Gasteiger partial charge in [-0.15, -0.1) is 0 Å². The fourth-order valence-corrected chi connectivity index (χ4v) is 3.30. The fraction of sp³-hybridized carbons (Fsp3) is 0.250. The molecule has 1 atom stereocenters. The summed E-state index contributed by atoms with van der Waals surface area (Å²) in [6, 6.07) is 11.2. The molecule has 0 saturated carbocycles. The first-order valence-corrected chi connectivity index (χ1v) is 8.89. The Morgan fingerprint density at radius 1 is 0.828 bits per heavy atom. The van der Waals surface area contributed by atoms with Crippen LogP contribution in [0.3, 0.4) is 0 Å². The molecule has 3 aromatic rings. The lowest BCUT2D eigenvalue weighted by Crippen LogP contribution is -2.20. The van der Waals surface area contributed by atoms with Crippen LogP contribution in [0.15, 0.2) is 42.5 Å². The smallest absolute Gasteiger partial charge is 0.248 e. The van der Waals surface area contributed by atoms with Crippen molar-refractivity contribution in [3.05, 3.63) is 53.6 Å². The van der Waals surface area contributed by atoms with Crippen molar-refractivity contribution in [2.24, 2.45) is 0 Å².